The Labute approximate surface area is 123 Å². The van der Waals surface area contributed by atoms with Crippen LogP contribution in [0.5, 0.6) is 0 Å². The lowest BCUT2D eigenvalue weighted by Gasteiger charge is -2.25. The predicted octanol–water partition coefficient (Wildman–Crippen LogP) is 3.50. The second-order valence-electron chi connectivity index (χ2n) is 6.60. The molecule has 1 aliphatic rings. The Balaban J connectivity index is 2.02. The maximum absolute atomic E-state index is 12.6. The zero-order valence-electron chi connectivity index (χ0n) is 12.7. The third-order valence-electron chi connectivity index (χ3n) is 3.26. The van der Waals surface area contributed by atoms with E-state index in [9.17, 15) is 13.2 Å². The van der Waals surface area contributed by atoms with Crippen molar-refractivity contribution in [2.45, 2.75) is 57.9 Å². The molecule has 0 atom stereocenters. The number of aromatic nitrogens is 1. The Morgan fingerprint density at radius 3 is 2.33 bits per heavy atom. The first-order chi connectivity index (χ1) is 9.64. The molecule has 21 heavy (non-hydrogen) atoms. The molecular weight excluding hydrogens is 279 g/mol. The van der Waals surface area contributed by atoms with E-state index in [-0.39, 0.29) is 11.6 Å². The first-order valence-electron chi connectivity index (χ1n) is 7.17. The highest BCUT2D eigenvalue weighted by Gasteiger charge is 2.38. The van der Waals surface area contributed by atoms with Gasteiger partial charge in [0.25, 0.3) is 0 Å². The number of nitrogens with zero attached hydrogens (tertiary/aromatic N) is 2. The minimum absolute atomic E-state index is 0.00496. The summed E-state index contributed by atoms with van der Waals surface area (Å²) in [5.74, 6) is 0.411. The van der Waals surface area contributed by atoms with Crippen molar-refractivity contribution in [1.29, 1.82) is 0 Å². The van der Waals surface area contributed by atoms with Crippen LogP contribution in [0.15, 0.2) is 18.3 Å². The van der Waals surface area contributed by atoms with Gasteiger partial charge in [-0.15, -0.1) is 0 Å². The number of alkyl halides is 3. The summed E-state index contributed by atoms with van der Waals surface area (Å²) in [6.45, 7) is 5.91. The monoisotopic (exact) mass is 301 g/mol. The van der Waals surface area contributed by atoms with Gasteiger partial charge in [0, 0.05) is 24.3 Å². The van der Waals surface area contributed by atoms with Crippen molar-refractivity contribution in [1.82, 2.24) is 10.3 Å². The molecule has 1 aromatic heterocycles. The fraction of sp³-hybridized carbons (Fsp3) is 0.667. The van der Waals surface area contributed by atoms with Crippen molar-refractivity contribution >= 4 is 5.82 Å². The largest absolute Gasteiger partial charge is 0.405 e. The lowest BCUT2D eigenvalue weighted by molar-refractivity contribution is -0.120. The van der Waals surface area contributed by atoms with E-state index in [4.69, 9.17) is 0 Å². The summed E-state index contributed by atoms with van der Waals surface area (Å²) < 4.78 is 37.9. The van der Waals surface area contributed by atoms with Crippen molar-refractivity contribution in [3.8, 4) is 0 Å². The zero-order valence-corrected chi connectivity index (χ0v) is 12.7. The van der Waals surface area contributed by atoms with Gasteiger partial charge in [0.05, 0.1) is 0 Å². The van der Waals surface area contributed by atoms with Gasteiger partial charge in [0.1, 0.15) is 12.4 Å². The van der Waals surface area contributed by atoms with Gasteiger partial charge in [-0.1, -0.05) is 6.07 Å². The molecule has 1 saturated carbocycles. The Morgan fingerprint density at radius 2 is 1.90 bits per heavy atom. The molecule has 0 aromatic carbocycles. The van der Waals surface area contributed by atoms with E-state index in [0.29, 0.717) is 12.4 Å². The minimum Gasteiger partial charge on any atom is -0.345 e. The van der Waals surface area contributed by atoms with E-state index in [0.717, 1.165) is 18.4 Å². The van der Waals surface area contributed by atoms with Gasteiger partial charge in [0.2, 0.25) is 0 Å². The number of pyridine rings is 1. The van der Waals surface area contributed by atoms with Crippen molar-refractivity contribution in [3.63, 3.8) is 0 Å². The van der Waals surface area contributed by atoms with Gasteiger partial charge in [-0.2, -0.15) is 13.2 Å². The number of hydrogen-bond acceptors (Lipinski definition) is 3. The SMILES string of the molecule is CC(C)(C)NCc1ccc(N(CC(F)(F)F)C2CC2)nc1. The number of hydrogen-bond donors (Lipinski definition) is 1. The lowest BCUT2D eigenvalue weighted by Crippen LogP contribution is -2.36. The molecule has 1 aliphatic carbocycles. The molecule has 1 N–H and O–H groups in total. The van der Waals surface area contributed by atoms with Crippen molar-refractivity contribution < 1.29 is 13.2 Å². The van der Waals surface area contributed by atoms with Crippen LogP contribution < -0.4 is 10.2 Å². The second kappa shape index (κ2) is 5.83. The van der Waals surface area contributed by atoms with Crippen LogP contribution in [0.25, 0.3) is 0 Å². The first kappa shape index (κ1) is 16.1. The van der Waals surface area contributed by atoms with E-state index in [1.807, 2.05) is 6.07 Å². The number of nitrogens with one attached hydrogen (secondary N) is 1. The Bertz CT molecular complexity index is 459. The number of rotatable bonds is 5. The first-order valence-corrected chi connectivity index (χ1v) is 7.17. The van der Waals surface area contributed by atoms with E-state index < -0.39 is 12.7 Å². The third kappa shape index (κ3) is 5.53. The Hall–Kier alpha value is -1.30. The summed E-state index contributed by atoms with van der Waals surface area (Å²) in [7, 11) is 0. The summed E-state index contributed by atoms with van der Waals surface area (Å²) in [6, 6.07) is 3.51. The molecule has 1 aromatic rings. The minimum atomic E-state index is -4.20. The molecule has 0 saturated heterocycles. The van der Waals surface area contributed by atoms with E-state index in [1.165, 1.54) is 4.90 Å². The molecule has 0 amide bonds. The van der Waals surface area contributed by atoms with Crippen LogP contribution >= 0.6 is 0 Å². The summed E-state index contributed by atoms with van der Waals surface area (Å²) in [5.41, 5.74) is 0.964. The van der Waals surface area contributed by atoms with Crippen molar-refractivity contribution in [2.75, 3.05) is 11.4 Å². The molecule has 0 unspecified atom stereocenters. The molecule has 0 radical (unpaired) electrons. The standard InChI is InChI=1S/C15H22F3N3/c1-14(2,3)20-9-11-4-7-13(19-8-11)21(12-5-6-12)10-15(16,17)18/h4,7-8,12,20H,5-6,9-10H2,1-3H3. The molecule has 6 heteroatoms. The van der Waals surface area contributed by atoms with Gasteiger partial charge in [-0.25, -0.2) is 4.98 Å². The van der Waals surface area contributed by atoms with Crippen LogP contribution in [0.2, 0.25) is 0 Å². The normalized spacial score (nSPS) is 16.1. The lowest BCUT2D eigenvalue weighted by atomic mass is 10.1. The molecule has 0 aliphatic heterocycles. The topological polar surface area (TPSA) is 28.2 Å². The van der Waals surface area contributed by atoms with Gasteiger partial charge >= 0.3 is 6.18 Å². The van der Waals surface area contributed by atoms with Crippen LogP contribution in [0.4, 0.5) is 19.0 Å². The summed E-state index contributed by atoms with van der Waals surface area (Å²) >= 11 is 0. The highest BCUT2D eigenvalue weighted by molar-refractivity contribution is 5.42. The van der Waals surface area contributed by atoms with E-state index in [1.54, 1.807) is 12.3 Å². The molecule has 3 nitrogen and oxygen atoms in total. The maximum atomic E-state index is 12.6. The average Bonchev–Trinajstić information content (AvgIpc) is 3.16. The summed E-state index contributed by atoms with van der Waals surface area (Å²) in [6.07, 6.45) is -0.924. The van der Waals surface area contributed by atoms with Crippen LogP contribution in [-0.4, -0.2) is 29.3 Å². The quantitative estimate of drug-likeness (QED) is 0.902. The summed E-state index contributed by atoms with van der Waals surface area (Å²) in [4.78, 5) is 5.57. The third-order valence-corrected chi connectivity index (χ3v) is 3.26. The van der Waals surface area contributed by atoms with Crippen LogP contribution in [-0.2, 0) is 6.54 Å². The van der Waals surface area contributed by atoms with Gasteiger partial charge in [-0.05, 0) is 45.2 Å². The Kier molecular flexibility index (Phi) is 4.46. The zero-order chi connectivity index (χ0) is 15.7. The average molecular weight is 301 g/mol. The predicted molar refractivity (Wildman–Crippen MR) is 77.3 cm³/mol. The number of anilines is 1. The smallest absolute Gasteiger partial charge is 0.345 e. The van der Waals surface area contributed by atoms with Gasteiger partial charge in [0.15, 0.2) is 0 Å². The van der Waals surface area contributed by atoms with Crippen LogP contribution in [0.3, 0.4) is 0 Å². The summed E-state index contributed by atoms with van der Waals surface area (Å²) in [5, 5.41) is 3.33. The van der Waals surface area contributed by atoms with Crippen molar-refractivity contribution in [2.24, 2.45) is 0 Å². The van der Waals surface area contributed by atoms with Gasteiger partial charge < -0.3 is 10.2 Å². The van der Waals surface area contributed by atoms with E-state index >= 15 is 0 Å². The maximum Gasteiger partial charge on any atom is 0.405 e. The van der Waals surface area contributed by atoms with Crippen LogP contribution in [0.1, 0.15) is 39.2 Å². The fourth-order valence-electron chi connectivity index (χ4n) is 2.03. The molecule has 118 valence electrons. The van der Waals surface area contributed by atoms with Crippen molar-refractivity contribution in [3.05, 3.63) is 23.9 Å². The second-order valence-corrected chi connectivity index (χ2v) is 6.60. The van der Waals surface area contributed by atoms with Crippen LogP contribution in [0, 0.1) is 0 Å². The molecule has 2 rings (SSSR count). The molecule has 0 bridgehead atoms. The highest BCUT2D eigenvalue weighted by Crippen LogP contribution is 2.33. The molecule has 0 spiro atoms. The molecular formula is C15H22F3N3. The highest BCUT2D eigenvalue weighted by atomic mass is 19.4. The molecule has 1 heterocycles. The Morgan fingerprint density at radius 1 is 1.24 bits per heavy atom. The fourth-order valence-corrected chi connectivity index (χ4v) is 2.03. The number of halogens is 3. The van der Waals surface area contributed by atoms with Gasteiger partial charge in [-0.3, -0.25) is 0 Å². The molecule has 1 fully saturated rings. The van der Waals surface area contributed by atoms with E-state index in [2.05, 4.69) is 31.1 Å².